The number of nitrogens with zero attached hydrogens (tertiary/aromatic N) is 3. The topological polar surface area (TPSA) is 63.5 Å². The van der Waals surface area contributed by atoms with Crippen LogP contribution in [0.4, 0.5) is 0 Å². The van der Waals surface area contributed by atoms with Crippen molar-refractivity contribution in [2.75, 3.05) is 26.7 Å². The summed E-state index contributed by atoms with van der Waals surface area (Å²) in [5.74, 6) is 1.93. The number of hydrogen-bond donors (Lipinski definition) is 2. The van der Waals surface area contributed by atoms with Gasteiger partial charge in [0, 0.05) is 45.7 Å². The molecule has 0 aliphatic heterocycles. The number of imidazole rings is 1. The normalized spacial score (nSPS) is 12.8. The molecular formula is C21H33N5O. The Labute approximate surface area is 163 Å². The van der Waals surface area contributed by atoms with Crippen molar-refractivity contribution in [1.29, 1.82) is 0 Å². The van der Waals surface area contributed by atoms with E-state index in [-0.39, 0.29) is 6.10 Å². The predicted molar refractivity (Wildman–Crippen MR) is 111 cm³/mol. The Balaban J connectivity index is 1.50. The lowest BCUT2D eigenvalue weighted by Gasteiger charge is -2.15. The van der Waals surface area contributed by atoms with Gasteiger partial charge in [0.1, 0.15) is 5.82 Å². The van der Waals surface area contributed by atoms with Crippen molar-refractivity contribution in [3.05, 3.63) is 54.1 Å². The number of guanidine groups is 1. The molecule has 0 saturated heterocycles. The van der Waals surface area contributed by atoms with Gasteiger partial charge in [-0.2, -0.15) is 0 Å². The molecule has 0 saturated carbocycles. The fraction of sp³-hybridized carbons (Fsp3) is 0.524. The number of benzene rings is 1. The van der Waals surface area contributed by atoms with E-state index in [1.807, 2.05) is 37.5 Å². The number of ether oxygens (including phenoxy) is 1. The highest BCUT2D eigenvalue weighted by molar-refractivity contribution is 5.79. The molecule has 0 radical (unpaired) electrons. The van der Waals surface area contributed by atoms with Gasteiger partial charge in [-0.1, -0.05) is 30.3 Å². The number of rotatable bonds is 11. The third kappa shape index (κ3) is 7.83. The molecule has 27 heavy (non-hydrogen) atoms. The summed E-state index contributed by atoms with van der Waals surface area (Å²) in [7, 11) is 1.80. The van der Waals surface area contributed by atoms with Crippen molar-refractivity contribution in [2.45, 2.75) is 45.8 Å². The molecule has 2 aromatic rings. The van der Waals surface area contributed by atoms with Gasteiger partial charge < -0.3 is 19.9 Å². The highest BCUT2D eigenvalue weighted by atomic mass is 16.5. The van der Waals surface area contributed by atoms with Gasteiger partial charge >= 0.3 is 0 Å². The van der Waals surface area contributed by atoms with Gasteiger partial charge in [0.15, 0.2) is 5.96 Å². The molecule has 6 nitrogen and oxygen atoms in total. The fourth-order valence-electron chi connectivity index (χ4n) is 2.83. The molecule has 1 aromatic carbocycles. The molecule has 0 spiro atoms. The van der Waals surface area contributed by atoms with Gasteiger partial charge in [-0.25, -0.2) is 4.98 Å². The second-order valence-electron chi connectivity index (χ2n) is 6.58. The third-order valence-corrected chi connectivity index (χ3v) is 4.52. The number of aryl methyl sites for hydroxylation is 2. The molecule has 6 heteroatoms. The Bertz CT molecular complexity index is 668. The minimum absolute atomic E-state index is 0.128. The van der Waals surface area contributed by atoms with E-state index >= 15 is 0 Å². The van der Waals surface area contributed by atoms with Crippen LogP contribution in [-0.4, -0.2) is 42.3 Å². The number of nitrogens with one attached hydrogen (secondary N) is 2. The first-order valence-electron chi connectivity index (χ1n) is 9.79. The molecular weight excluding hydrogens is 338 g/mol. The Morgan fingerprint density at radius 1 is 1.15 bits per heavy atom. The Kier molecular flexibility index (Phi) is 9.41. The van der Waals surface area contributed by atoms with E-state index in [4.69, 9.17) is 4.74 Å². The van der Waals surface area contributed by atoms with Gasteiger partial charge in [0.25, 0.3) is 0 Å². The summed E-state index contributed by atoms with van der Waals surface area (Å²) in [5, 5.41) is 6.70. The number of hydrogen-bond acceptors (Lipinski definition) is 3. The Morgan fingerprint density at radius 2 is 1.89 bits per heavy atom. The maximum absolute atomic E-state index is 5.89. The van der Waals surface area contributed by atoms with Crippen LogP contribution in [0.3, 0.4) is 0 Å². The van der Waals surface area contributed by atoms with E-state index in [0.717, 1.165) is 57.3 Å². The zero-order chi connectivity index (χ0) is 19.3. The van der Waals surface area contributed by atoms with Gasteiger partial charge in [-0.3, -0.25) is 4.99 Å². The second kappa shape index (κ2) is 12.1. The zero-order valence-electron chi connectivity index (χ0n) is 16.8. The maximum atomic E-state index is 5.89. The van der Waals surface area contributed by atoms with Crippen molar-refractivity contribution < 1.29 is 4.74 Å². The maximum Gasteiger partial charge on any atom is 0.190 e. The number of aromatic nitrogens is 2. The third-order valence-electron chi connectivity index (χ3n) is 4.52. The first-order chi connectivity index (χ1) is 13.2. The lowest BCUT2D eigenvalue weighted by atomic mass is 10.1. The number of unbranched alkanes of at least 4 members (excludes halogenated alkanes) is 1. The molecule has 1 unspecified atom stereocenters. The fourth-order valence-corrected chi connectivity index (χ4v) is 2.83. The van der Waals surface area contributed by atoms with E-state index in [1.165, 1.54) is 5.56 Å². The molecule has 1 heterocycles. The van der Waals surface area contributed by atoms with Crippen molar-refractivity contribution in [3.63, 3.8) is 0 Å². The second-order valence-corrected chi connectivity index (χ2v) is 6.58. The van der Waals surface area contributed by atoms with Crippen LogP contribution in [0.1, 0.15) is 43.7 Å². The van der Waals surface area contributed by atoms with Gasteiger partial charge in [-0.05, 0) is 38.7 Å². The molecule has 148 valence electrons. The SMILES string of the molecule is CN=C(NCCCCn1ccnc1C)NCCCOC(C)c1ccccc1. The molecule has 0 aliphatic carbocycles. The summed E-state index contributed by atoms with van der Waals surface area (Å²) < 4.78 is 8.08. The van der Waals surface area contributed by atoms with Crippen LogP contribution >= 0.6 is 0 Å². The number of aliphatic imine (C=N–C) groups is 1. The molecule has 1 aromatic heterocycles. The molecule has 0 fully saturated rings. The van der Waals surface area contributed by atoms with E-state index in [1.54, 1.807) is 7.05 Å². The zero-order valence-corrected chi connectivity index (χ0v) is 16.8. The summed E-state index contributed by atoms with van der Waals surface area (Å²) >= 11 is 0. The monoisotopic (exact) mass is 371 g/mol. The molecule has 2 N–H and O–H groups in total. The molecule has 0 aliphatic rings. The predicted octanol–water partition coefficient (Wildman–Crippen LogP) is 3.30. The largest absolute Gasteiger partial charge is 0.374 e. The van der Waals surface area contributed by atoms with Crippen LogP contribution in [0.2, 0.25) is 0 Å². The highest BCUT2D eigenvalue weighted by Gasteiger charge is 2.04. The van der Waals surface area contributed by atoms with E-state index in [9.17, 15) is 0 Å². The summed E-state index contributed by atoms with van der Waals surface area (Å²) in [6, 6.07) is 10.3. The van der Waals surface area contributed by atoms with Crippen LogP contribution in [0, 0.1) is 6.92 Å². The average molecular weight is 372 g/mol. The van der Waals surface area contributed by atoms with Crippen LogP contribution in [-0.2, 0) is 11.3 Å². The Morgan fingerprint density at radius 3 is 2.56 bits per heavy atom. The Hall–Kier alpha value is -2.34. The van der Waals surface area contributed by atoms with Gasteiger partial charge in [0.2, 0.25) is 0 Å². The highest BCUT2D eigenvalue weighted by Crippen LogP contribution is 2.15. The van der Waals surface area contributed by atoms with Crippen LogP contribution < -0.4 is 10.6 Å². The summed E-state index contributed by atoms with van der Waals surface area (Å²) in [6.45, 7) is 7.62. The molecule has 2 rings (SSSR count). The summed E-state index contributed by atoms with van der Waals surface area (Å²) in [5.41, 5.74) is 1.22. The summed E-state index contributed by atoms with van der Waals surface area (Å²) in [6.07, 6.45) is 7.16. The first-order valence-corrected chi connectivity index (χ1v) is 9.79. The standard InChI is InChI=1S/C21H33N5O/c1-18(20-10-5-4-6-11-20)27-17-9-13-25-21(22-3)24-12-7-8-15-26-16-14-23-19(26)2/h4-6,10-11,14,16,18H,7-9,12-13,15,17H2,1-3H3,(H2,22,24,25). The van der Waals surface area contributed by atoms with Crippen molar-refractivity contribution in [2.24, 2.45) is 4.99 Å². The minimum Gasteiger partial charge on any atom is -0.374 e. The smallest absolute Gasteiger partial charge is 0.190 e. The van der Waals surface area contributed by atoms with Gasteiger partial charge in [-0.15, -0.1) is 0 Å². The van der Waals surface area contributed by atoms with E-state index in [0.29, 0.717) is 0 Å². The first kappa shape index (κ1) is 21.0. The molecule has 0 bridgehead atoms. The van der Waals surface area contributed by atoms with Crippen LogP contribution in [0.5, 0.6) is 0 Å². The van der Waals surface area contributed by atoms with Gasteiger partial charge in [0.05, 0.1) is 6.10 Å². The van der Waals surface area contributed by atoms with Crippen molar-refractivity contribution in [3.8, 4) is 0 Å². The van der Waals surface area contributed by atoms with Crippen LogP contribution in [0.15, 0.2) is 47.7 Å². The van der Waals surface area contributed by atoms with E-state index in [2.05, 4.69) is 44.2 Å². The lowest BCUT2D eigenvalue weighted by molar-refractivity contribution is 0.0646. The average Bonchev–Trinajstić information content (AvgIpc) is 3.11. The quantitative estimate of drug-likeness (QED) is 0.361. The van der Waals surface area contributed by atoms with Crippen molar-refractivity contribution in [1.82, 2.24) is 20.2 Å². The minimum atomic E-state index is 0.128. The molecule has 0 amide bonds. The molecule has 1 atom stereocenters. The van der Waals surface area contributed by atoms with Crippen molar-refractivity contribution >= 4 is 5.96 Å². The summed E-state index contributed by atoms with van der Waals surface area (Å²) in [4.78, 5) is 8.51. The lowest BCUT2D eigenvalue weighted by Crippen LogP contribution is -2.38. The van der Waals surface area contributed by atoms with Crippen LogP contribution in [0.25, 0.3) is 0 Å². The van der Waals surface area contributed by atoms with E-state index < -0.39 is 0 Å².